The summed E-state index contributed by atoms with van der Waals surface area (Å²) in [6, 6.07) is 0. The third-order valence-corrected chi connectivity index (χ3v) is 5.94. The Morgan fingerprint density at radius 1 is 1.29 bits per heavy atom. The normalized spacial score (nSPS) is 23.2. The first-order valence-corrected chi connectivity index (χ1v) is 10.1. The van der Waals surface area contributed by atoms with Crippen molar-refractivity contribution < 1.29 is 4.74 Å². The van der Waals surface area contributed by atoms with Crippen molar-refractivity contribution >= 4 is 41.7 Å². The van der Waals surface area contributed by atoms with E-state index in [0.29, 0.717) is 0 Å². The Morgan fingerprint density at radius 2 is 2.00 bits per heavy atom. The minimum atomic E-state index is 0. The van der Waals surface area contributed by atoms with Gasteiger partial charge in [-0.15, -0.1) is 24.0 Å². The second kappa shape index (κ2) is 11.1. The molecule has 1 unspecified atom stereocenters. The van der Waals surface area contributed by atoms with Gasteiger partial charge >= 0.3 is 0 Å². The molecule has 2 fully saturated rings. The van der Waals surface area contributed by atoms with E-state index in [2.05, 4.69) is 42.1 Å². The fourth-order valence-electron chi connectivity index (χ4n) is 3.08. The number of halogens is 1. The van der Waals surface area contributed by atoms with E-state index in [1.54, 1.807) is 0 Å². The number of thioether (sulfide) groups is 1. The van der Waals surface area contributed by atoms with E-state index in [1.807, 2.05) is 11.8 Å². The van der Waals surface area contributed by atoms with Gasteiger partial charge in [0.1, 0.15) is 0 Å². The molecule has 2 heterocycles. The summed E-state index contributed by atoms with van der Waals surface area (Å²) in [6.07, 6.45) is 3.43. The van der Waals surface area contributed by atoms with Crippen LogP contribution in [0.4, 0.5) is 0 Å². The third-order valence-electron chi connectivity index (χ3n) is 4.70. The number of guanidine groups is 1. The fraction of sp³-hybridized carbons (Fsp3) is 0.941. The molecule has 5 nitrogen and oxygen atoms in total. The third kappa shape index (κ3) is 7.25. The Labute approximate surface area is 169 Å². The molecule has 0 aromatic heterocycles. The van der Waals surface area contributed by atoms with Gasteiger partial charge < -0.3 is 15.0 Å². The van der Waals surface area contributed by atoms with Gasteiger partial charge in [-0.25, -0.2) is 0 Å². The van der Waals surface area contributed by atoms with Gasteiger partial charge in [0, 0.05) is 44.0 Å². The van der Waals surface area contributed by atoms with Crippen molar-refractivity contribution in [2.75, 3.05) is 65.3 Å². The maximum Gasteiger partial charge on any atom is 0.193 e. The topological polar surface area (TPSA) is 40.1 Å². The Hall–Kier alpha value is 0.270. The van der Waals surface area contributed by atoms with Crippen LogP contribution in [0.25, 0.3) is 0 Å². The number of likely N-dealkylation sites (tertiary alicyclic amines) is 1. The van der Waals surface area contributed by atoms with Crippen molar-refractivity contribution in [3.05, 3.63) is 0 Å². The summed E-state index contributed by atoms with van der Waals surface area (Å²) < 4.78 is 5.65. The first-order chi connectivity index (χ1) is 11.0. The maximum absolute atomic E-state index is 5.45. The molecular weight excluding hydrogens is 435 g/mol. The van der Waals surface area contributed by atoms with Crippen molar-refractivity contribution in [2.24, 2.45) is 10.9 Å². The zero-order chi connectivity index (χ0) is 16.7. The van der Waals surface area contributed by atoms with Gasteiger partial charge in [-0.2, -0.15) is 11.8 Å². The van der Waals surface area contributed by atoms with Crippen LogP contribution < -0.4 is 5.32 Å². The fourth-order valence-corrected chi connectivity index (χ4v) is 3.27. The summed E-state index contributed by atoms with van der Waals surface area (Å²) >= 11 is 1.88. The largest absolute Gasteiger partial charge is 0.379 e. The van der Waals surface area contributed by atoms with Crippen LogP contribution in [0.5, 0.6) is 0 Å². The first-order valence-electron chi connectivity index (χ1n) is 8.92. The summed E-state index contributed by atoms with van der Waals surface area (Å²) in [5.41, 5.74) is 0. The van der Waals surface area contributed by atoms with Crippen LogP contribution in [-0.2, 0) is 4.74 Å². The highest BCUT2D eigenvalue weighted by Crippen LogP contribution is 2.22. The quantitative estimate of drug-likeness (QED) is 0.367. The maximum atomic E-state index is 5.45. The first kappa shape index (κ1) is 22.3. The highest BCUT2D eigenvalue weighted by atomic mass is 127. The molecule has 0 aliphatic carbocycles. The standard InChI is InChI=1S/C17H34N4OS.HI/c1-5-18-16(19-14-17(2,3)23-4)21-7-6-15(13-21)12-20-8-10-22-11-9-20;/h15H,5-14H2,1-4H3,(H,18,19);1H. The Kier molecular flexibility index (Phi) is 10.3. The molecule has 2 aliphatic rings. The average Bonchev–Trinajstić information content (AvgIpc) is 3.01. The lowest BCUT2D eigenvalue weighted by atomic mass is 10.1. The molecule has 2 rings (SSSR count). The van der Waals surface area contributed by atoms with Gasteiger partial charge in [-0.05, 0) is 39.4 Å². The highest BCUT2D eigenvalue weighted by Gasteiger charge is 2.27. The summed E-state index contributed by atoms with van der Waals surface area (Å²) in [4.78, 5) is 9.90. The van der Waals surface area contributed by atoms with Crippen molar-refractivity contribution in [3.63, 3.8) is 0 Å². The minimum absolute atomic E-state index is 0. The number of aliphatic imine (C=N–C) groups is 1. The molecule has 2 aliphatic heterocycles. The van der Waals surface area contributed by atoms with Crippen molar-refractivity contribution in [2.45, 2.75) is 31.9 Å². The van der Waals surface area contributed by atoms with E-state index in [-0.39, 0.29) is 28.7 Å². The van der Waals surface area contributed by atoms with Gasteiger partial charge in [0.15, 0.2) is 5.96 Å². The Bertz CT molecular complexity index is 389. The summed E-state index contributed by atoms with van der Waals surface area (Å²) in [5.74, 6) is 1.85. The zero-order valence-electron chi connectivity index (χ0n) is 15.7. The summed E-state index contributed by atoms with van der Waals surface area (Å²) in [7, 11) is 0. The second-order valence-corrected chi connectivity index (χ2v) is 8.66. The number of hydrogen-bond acceptors (Lipinski definition) is 4. The number of nitrogens with zero attached hydrogens (tertiary/aromatic N) is 3. The van der Waals surface area contributed by atoms with Crippen molar-refractivity contribution in [1.82, 2.24) is 15.1 Å². The van der Waals surface area contributed by atoms with Gasteiger partial charge in [0.05, 0.1) is 19.8 Å². The van der Waals surface area contributed by atoms with E-state index in [4.69, 9.17) is 9.73 Å². The zero-order valence-corrected chi connectivity index (χ0v) is 18.9. The number of rotatable bonds is 6. The van der Waals surface area contributed by atoms with Crippen LogP contribution in [0.1, 0.15) is 27.2 Å². The molecule has 0 bridgehead atoms. The van der Waals surface area contributed by atoms with E-state index in [1.165, 1.54) is 13.0 Å². The molecule has 24 heavy (non-hydrogen) atoms. The van der Waals surface area contributed by atoms with Gasteiger partial charge in [-0.3, -0.25) is 9.89 Å². The molecule has 1 atom stereocenters. The molecule has 0 radical (unpaired) electrons. The van der Waals surface area contributed by atoms with Crippen LogP contribution in [0.3, 0.4) is 0 Å². The molecular formula is C17H35IN4OS. The van der Waals surface area contributed by atoms with Crippen LogP contribution in [-0.4, -0.2) is 85.8 Å². The second-order valence-electron chi connectivity index (χ2n) is 7.15. The monoisotopic (exact) mass is 470 g/mol. The van der Waals surface area contributed by atoms with E-state index in [9.17, 15) is 0 Å². The summed E-state index contributed by atoms with van der Waals surface area (Å²) in [5, 5.41) is 3.48. The predicted molar refractivity (Wildman–Crippen MR) is 116 cm³/mol. The highest BCUT2D eigenvalue weighted by molar-refractivity contribution is 14.0. The van der Waals surface area contributed by atoms with Crippen LogP contribution in [0, 0.1) is 5.92 Å². The van der Waals surface area contributed by atoms with E-state index >= 15 is 0 Å². The smallest absolute Gasteiger partial charge is 0.193 e. The number of hydrogen-bond donors (Lipinski definition) is 1. The lowest BCUT2D eigenvalue weighted by Crippen LogP contribution is -2.43. The number of ether oxygens (including phenoxy) is 1. The van der Waals surface area contributed by atoms with Crippen molar-refractivity contribution in [3.8, 4) is 0 Å². The average molecular weight is 470 g/mol. The van der Waals surface area contributed by atoms with Crippen LogP contribution >= 0.6 is 35.7 Å². The van der Waals surface area contributed by atoms with Gasteiger partial charge in [-0.1, -0.05) is 0 Å². The van der Waals surface area contributed by atoms with Gasteiger partial charge in [0.2, 0.25) is 0 Å². The lowest BCUT2D eigenvalue weighted by molar-refractivity contribution is 0.0315. The Balaban J connectivity index is 0.00000288. The molecule has 0 amide bonds. The predicted octanol–water partition coefficient (Wildman–Crippen LogP) is 2.37. The molecule has 7 heteroatoms. The molecule has 0 saturated carbocycles. The van der Waals surface area contributed by atoms with Crippen LogP contribution in [0.15, 0.2) is 4.99 Å². The minimum Gasteiger partial charge on any atom is -0.379 e. The number of morpholine rings is 1. The SMILES string of the molecule is CCNC(=NCC(C)(C)SC)N1CCC(CN2CCOCC2)C1.I. The Morgan fingerprint density at radius 3 is 2.62 bits per heavy atom. The summed E-state index contributed by atoms with van der Waals surface area (Å²) in [6.45, 7) is 15.9. The van der Waals surface area contributed by atoms with E-state index < -0.39 is 0 Å². The number of nitrogens with one attached hydrogen (secondary N) is 1. The van der Waals surface area contributed by atoms with E-state index in [0.717, 1.165) is 64.4 Å². The lowest BCUT2D eigenvalue weighted by Gasteiger charge is -2.29. The van der Waals surface area contributed by atoms with Crippen LogP contribution in [0.2, 0.25) is 0 Å². The van der Waals surface area contributed by atoms with Gasteiger partial charge in [0.25, 0.3) is 0 Å². The molecule has 0 aromatic rings. The molecule has 2 saturated heterocycles. The molecule has 1 N–H and O–H groups in total. The molecule has 0 aromatic carbocycles. The molecule has 0 spiro atoms. The molecule has 142 valence electrons. The van der Waals surface area contributed by atoms with Crippen molar-refractivity contribution in [1.29, 1.82) is 0 Å².